The van der Waals surface area contributed by atoms with Crippen molar-refractivity contribution in [1.29, 1.82) is 0 Å². The summed E-state index contributed by atoms with van der Waals surface area (Å²) in [6.45, 7) is 5.45. The van der Waals surface area contributed by atoms with Crippen LogP contribution in [0, 0.1) is 13.8 Å². The van der Waals surface area contributed by atoms with Gasteiger partial charge >= 0.3 is 0 Å². The highest BCUT2D eigenvalue weighted by Crippen LogP contribution is 2.25. The Kier molecular flexibility index (Phi) is 3.52. The third kappa shape index (κ3) is 2.44. The molecule has 1 amide bonds. The third-order valence-corrected chi connectivity index (χ3v) is 4.84. The Labute approximate surface area is 140 Å². The van der Waals surface area contributed by atoms with E-state index in [1.165, 1.54) is 6.33 Å². The van der Waals surface area contributed by atoms with Gasteiger partial charge in [0.15, 0.2) is 0 Å². The predicted molar refractivity (Wildman–Crippen MR) is 90.6 cm³/mol. The minimum absolute atomic E-state index is 0.148. The van der Waals surface area contributed by atoms with Crippen molar-refractivity contribution in [2.24, 2.45) is 0 Å². The second-order valence-electron chi connectivity index (χ2n) is 6.32. The molecule has 1 fully saturated rings. The molecule has 6 heteroatoms. The normalized spacial score (nSPS) is 14.8. The molecule has 0 unspecified atom stereocenters. The molecule has 24 heavy (non-hydrogen) atoms. The highest BCUT2D eigenvalue weighted by Gasteiger charge is 2.32. The first-order chi connectivity index (χ1) is 11.6. The molecule has 0 atom stereocenters. The first kappa shape index (κ1) is 14.8. The number of benzene rings is 1. The van der Waals surface area contributed by atoms with Gasteiger partial charge in [-0.2, -0.15) is 5.10 Å². The number of carbonyl (C=O) groups excluding carboxylic acids is 1. The number of amides is 1. The molecule has 6 nitrogen and oxygen atoms in total. The molecule has 4 rings (SSSR count). The van der Waals surface area contributed by atoms with Gasteiger partial charge in [-0.15, -0.1) is 0 Å². The fourth-order valence-electron chi connectivity index (χ4n) is 3.33. The summed E-state index contributed by atoms with van der Waals surface area (Å²) < 4.78 is 1.82. The first-order valence-corrected chi connectivity index (χ1v) is 8.10. The van der Waals surface area contributed by atoms with Gasteiger partial charge in [0.1, 0.15) is 12.7 Å². The molecule has 1 aromatic carbocycles. The predicted octanol–water partition coefficient (Wildman–Crippen LogP) is 2.07. The Morgan fingerprint density at radius 1 is 1.25 bits per heavy atom. The molecule has 2 aromatic heterocycles. The molecule has 1 saturated heterocycles. The summed E-state index contributed by atoms with van der Waals surface area (Å²) in [6, 6.07) is 8.32. The maximum absolute atomic E-state index is 12.6. The standard InChI is InChI=1S/C18H19N5O/c1-12-15-5-3-4-6-17(15)21-13(2)16(12)7-18(24)22-8-14(9-22)23-11-19-10-20-23/h3-6,10-11,14H,7-9H2,1-2H3. The van der Waals surface area contributed by atoms with Gasteiger partial charge in [0.2, 0.25) is 5.91 Å². The van der Waals surface area contributed by atoms with Gasteiger partial charge in [0.25, 0.3) is 0 Å². The molecule has 1 aliphatic heterocycles. The largest absolute Gasteiger partial charge is 0.338 e. The molecule has 122 valence electrons. The van der Waals surface area contributed by atoms with Crippen LogP contribution in [-0.4, -0.2) is 43.6 Å². The fraction of sp³-hybridized carbons (Fsp3) is 0.333. The Bertz CT molecular complexity index is 897. The monoisotopic (exact) mass is 321 g/mol. The van der Waals surface area contributed by atoms with E-state index in [9.17, 15) is 4.79 Å². The molecule has 0 saturated carbocycles. The molecule has 0 bridgehead atoms. The van der Waals surface area contributed by atoms with Crippen LogP contribution in [0.3, 0.4) is 0 Å². The number of fused-ring (bicyclic) bond motifs is 1. The van der Waals surface area contributed by atoms with Crippen molar-refractivity contribution in [2.45, 2.75) is 26.3 Å². The van der Waals surface area contributed by atoms with Crippen molar-refractivity contribution in [3.8, 4) is 0 Å². The molecule has 3 heterocycles. The van der Waals surface area contributed by atoms with E-state index in [4.69, 9.17) is 0 Å². The van der Waals surface area contributed by atoms with Crippen molar-refractivity contribution in [2.75, 3.05) is 13.1 Å². The van der Waals surface area contributed by atoms with Gasteiger partial charge in [-0.1, -0.05) is 18.2 Å². The van der Waals surface area contributed by atoms with Crippen LogP contribution >= 0.6 is 0 Å². The Morgan fingerprint density at radius 3 is 2.79 bits per heavy atom. The van der Waals surface area contributed by atoms with Gasteiger partial charge in [-0.3, -0.25) is 9.78 Å². The molecular weight excluding hydrogens is 302 g/mol. The van der Waals surface area contributed by atoms with Crippen molar-refractivity contribution in [1.82, 2.24) is 24.6 Å². The van der Waals surface area contributed by atoms with Crippen LogP contribution in [0.4, 0.5) is 0 Å². The van der Waals surface area contributed by atoms with Crippen molar-refractivity contribution in [3.05, 3.63) is 53.7 Å². The van der Waals surface area contributed by atoms with E-state index in [1.54, 1.807) is 6.33 Å². The molecule has 0 radical (unpaired) electrons. The summed E-state index contributed by atoms with van der Waals surface area (Å²) in [5.41, 5.74) is 4.12. The van der Waals surface area contributed by atoms with Gasteiger partial charge in [-0.25, -0.2) is 9.67 Å². The number of aromatic nitrogens is 4. The summed E-state index contributed by atoms with van der Waals surface area (Å²) in [5.74, 6) is 0.148. The fourth-order valence-corrected chi connectivity index (χ4v) is 3.33. The van der Waals surface area contributed by atoms with E-state index in [1.807, 2.05) is 34.7 Å². The Balaban J connectivity index is 1.51. The lowest BCUT2D eigenvalue weighted by Crippen LogP contribution is -2.51. The number of rotatable bonds is 3. The Hall–Kier alpha value is -2.76. The highest BCUT2D eigenvalue weighted by molar-refractivity contribution is 5.86. The van der Waals surface area contributed by atoms with Crippen LogP contribution in [0.1, 0.15) is 22.9 Å². The quantitative estimate of drug-likeness (QED) is 0.741. The summed E-state index contributed by atoms with van der Waals surface area (Å²) in [7, 11) is 0. The number of aryl methyl sites for hydroxylation is 2. The van der Waals surface area contributed by atoms with Gasteiger partial charge in [0, 0.05) is 24.2 Å². The van der Waals surface area contributed by atoms with Crippen LogP contribution in [0.2, 0.25) is 0 Å². The van der Waals surface area contributed by atoms with Gasteiger partial charge in [0.05, 0.1) is 18.0 Å². The van der Waals surface area contributed by atoms with Crippen LogP contribution in [-0.2, 0) is 11.2 Å². The van der Waals surface area contributed by atoms with E-state index in [-0.39, 0.29) is 11.9 Å². The van der Waals surface area contributed by atoms with E-state index >= 15 is 0 Å². The van der Waals surface area contributed by atoms with E-state index < -0.39 is 0 Å². The molecule has 3 aromatic rings. The number of likely N-dealkylation sites (tertiary alicyclic amines) is 1. The van der Waals surface area contributed by atoms with E-state index in [0.717, 1.165) is 27.7 Å². The Morgan fingerprint density at radius 2 is 2.04 bits per heavy atom. The average molecular weight is 321 g/mol. The van der Waals surface area contributed by atoms with Crippen LogP contribution < -0.4 is 0 Å². The lowest BCUT2D eigenvalue weighted by molar-refractivity contribution is -0.136. The van der Waals surface area contributed by atoms with Crippen LogP contribution in [0.15, 0.2) is 36.9 Å². The van der Waals surface area contributed by atoms with Crippen molar-refractivity contribution < 1.29 is 4.79 Å². The van der Waals surface area contributed by atoms with Crippen LogP contribution in [0.25, 0.3) is 10.9 Å². The molecule has 0 aliphatic carbocycles. The third-order valence-electron chi connectivity index (χ3n) is 4.84. The summed E-state index contributed by atoms with van der Waals surface area (Å²) in [4.78, 5) is 23.1. The number of nitrogens with zero attached hydrogens (tertiary/aromatic N) is 5. The zero-order valence-electron chi connectivity index (χ0n) is 13.8. The van der Waals surface area contributed by atoms with Gasteiger partial charge in [-0.05, 0) is 31.0 Å². The number of hydrogen-bond donors (Lipinski definition) is 0. The maximum atomic E-state index is 12.6. The lowest BCUT2D eigenvalue weighted by Gasteiger charge is -2.39. The molecule has 0 N–H and O–H groups in total. The van der Waals surface area contributed by atoms with Crippen molar-refractivity contribution in [3.63, 3.8) is 0 Å². The smallest absolute Gasteiger partial charge is 0.227 e. The second-order valence-corrected chi connectivity index (χ2v) is 6.32. The van der Waals surface area contributed by atoms with E-state index in [2.05, 4.69) is 28.1 Å². The molecule has 0 spiro atoms. The molecular formula is C18H19N5O. The first-order valence-electron chi connectivity index (χ1n) is 8.10. The minimum atomic E-state index is 0.148. The van der Waals surface area contributed by atoms with Gasteiger partial charge < -0.3 is 4.90 Å². The van der Waals surface area contributed by atoms with Crippen LogP contribution in [0.5, 0.6) is 0 Å². The highest BCUT2D eigenvalue weighted by atomic mass is 16.2. The van der Waals surface area contributed by atoms with E-state index in [0.29, 0.717) is 19.5 Å². The summed E-state index contributed by atoms with van der Waals surface area (Å²) in [6.07, 6.45) is 3.63. The topological polar surface area (TPSA) is 63.9 Å². The number of carbonyl (C=O) groups is 1. The lowest BCUT2D eigenvalue weighted by atomic mass is 9.98. The van der Waals surface area contributed by atoms with Crippen molar-refractivity contribution >= 4 is 16.8 Å². The SMILES string of the molecule is Cc1nc2ccccc2c(C)c1CC(=O)N1CC(n2cncn2)C1. The zero-order valence-corrected chi connectivity index (χ0v) is 13.8. The second kappa shape index (κ2) is 5.70. The molecule has 1 aliphatic rings. The summed E-state index contributed by atoms with van der Waals surface area (Å²) in [5, 5.41) is 5.26. The maximum Gasteiger partial charge on any atom is 0.227 e. The zero-order chi connectivity index (χ0) is 16.7. The number of para-hydroxylation sites is 1. The number of hydrogen-bond acceptors (Lipinski definition) is 4. The number of pyridine rings is 1. The minimum Gasteiger partial charge on any atom is -0.338 e. The summed E-state index contributed by atoms with van der Waals surface area (Å²) >= 11 is 0. The average Bonchev–Trinajstić information content (AvgIpc) is 3.04.